The van der Waals surface area contributed by atoms with E-state index in [1.165, 1.54) is 5.56 Å². The predicted octanol–water partition coefficient (Wildman–Crippen LogP) is 2.46. The molecular formula is C14H16O2. The maximum absolute atomic E-state index is 9.74. The number of fused-ring (bicyclic) bond motifs is 1. The van der Waals surface area contributed by atoms with Crippen molar-refractivity contribution in [3.63, 3.8) is 0 Å². The molecule has 0 aliphatic heterocycles. The lowest BCUT2D eigenvalue weighted by molar-refractivity contribution is 0.180. The Balaban J connectivity index is 2.07. The SMILES string of the molecule is CC#CCCOc1cccc2c1CCC2O. The molecule has 1 atom stereocenters. The Morgan fingerprint density at radius 2 is 2.38 bits per heavy atom. The van der Waals surface area contributed by atoms with Crippen molar-refractivity contribution in [3.8, 4) is 17.6 Å². The van der Waals surface area contributed by atoms with Crippen molar-refractivity contribution in [3.05, 3.63) is 29.3 Å². The van der Waals surface area contributed by atoms with Crippen LogP contribution >= 0.6 is 0 Å². The second kappa shape index (κ2) is 5.05. The first-order valence-corrected chi connectivity index (χ1v) is 5.65. The van der Waals surface area contributed by atoms with Crippen molar-refractivity contribution < 1.29 is 9.84 Å². The Morgan fingerprint density at radius 3 is 3.19 bits per heavy atom. The van der Waals surface area contributed by atoms with Crippen LogP contribution in [0.4, 0.5) is 0 Å². The maximum Gasteiger partial charge on any atom is 0.122 e. The standard InChI is InChI=1S/C14H16O2/c1-2-3-4-10-16-14-7-5-6-11-12(14)8-9-13(11)15/h5-7,13,15H,4,8-10H2,1H3. The maximum atomic E-state index is 9.74. The Hall–Kier alpha value is -1.46. The molecule has 0 amide bonds. The fraction of sp³-hybridized carbons (Fsp3) is 0.429. The van der Waals surface area contributed by atoms with Crippen LogP contribution in [-0.2, 0) is 6.42 Å². The minimum absolute atomic E-state index is 0.311. The minimum atomic E-state index is -0.311. The van der Waals surface area contributed by atoms with Gasteiger partial charge in [0.2, 0.25) is 0 Å². The zero-order chi connectivity index (χ0) is 11.4. The van der Waals surface area contributed by atoms with E-state index >= 15 is 0 Å². The molecule has 2 nitrogen and oxygen atoms in total. The van der Waals surface area contributed by atoms with E-state index in [9.17, 15) is 5.11 Å². The van der Waals surface area contributed by atoms with Gasteiger partial charge in [-0.15, -0.1) is 11.8 Å². The molecule has 0 fully saturated rings. The van der Waals surface area contributed by atoms with Crippen LogP contribution in [0.15, 0.2) is 18.2 Å². The highest BCUT2D eigenvalue weighted by molar-refractivity contribution is 5.44. The Morgan fingerprint density at radius 1 is 1.50 bits per heavy atom. The normalized spacial score (nSPS) is 17.5. The van der Waals surface area contributed by atoms with Gasteiger partial charge in [-0.1, -0.05) is 12.1 Å². The predicted molar refractivity (Wildman–Crippen MR) is 63.3 cm³/mol. The average Bonchev–Trinajstić information content (AvgIpc) is 2.68. The molecule has 1 N–H and O–H groups in total. The van der Waals surface area contributed by atoms with E-state index in [4.69, 9.17) is 4.74 Å². The average molecular weight is 216 g/mol. The molecule has 0 aromatic heterocycles. The summed E-state index contributed by atoms with van der Waals surface area (Å²) in [5.74, 6) is 6.72. The van der Waals surface area contributed by atoms with Gasteiger partial charge >= 0.3 is 0 Å². The van der Waals surface area contributed by atoms with E-state index in [0.29, 0.717) is 6.61 Å². The molecule has 0 spiro atoms. The summed E-state index contributed by atoms with van der Waals surface area (Å²) in [5, 5.41) is 9.74. The van der Waals surface area contributed by atoms with Crippen molar-refractivity contribution in [2.75, 3.05) is 6.61 Å². The summed E-state index contributed by atoms with van der Waals surface area (Å²) in [6.45, 7) is 2.45. The first kappa shape index (κ1) is 11.0. The van der Waals surface area contributed by atoms with E-state index in [-0.39, 0.29) is 6.10 Å². The third kappa shape index (κ3) is 2.20. The molecule has 1 aromatic rings. The zero-order valence-electron chi connectivity index (χ0n) is 9.49. The topological polar surface area (TPSA) is 29.5 Å². The number of hydrogen-bond donors (Lipinski definition) is 1. The molecule has 84 valence electrons. The van der Waals surface area contributed by atoms with Gasteiger partial charge in [-0.05, 0) is 31.4 Å². The number of benzene rings is 1. The molecule has 1 unspecified atom stereocenters. The number of rotatable bonds is 3. The van der Waals surface area contributed by atoms with Crippen LogP contribution in [0.3, 0.4) is 0 Å². The largest absolute Gasteiger partial charge is 0.492 e. The molecule has 2 rings (SSSR count). The zero-order valence-corrected chi connectivity index (χ0v) is 9.49. The van der Waals surface area contributed by atoms with Gasteiger partial charge in [-0.25, -0.2) is 0 Å². The van der Waals surface area contributed by atoms with Crippen LogP contribution in [0.2, 0.25) is 0 Å². The van der Waals surface area contributed by atoms with E-state index in [0.717, 1.165) is 30.6 Å². The lowest BCUT2D eigenvalue weighted by Gasteiger charge is -2.10. The van der Waals surface area contributed by atoms with Crippen molar-refractivity contribution in [2.24, 2.45) is 0 Å². The van der Waals surface area contributed by atoms with Gasteiger partial charge < -0.3 is 9.84 Å². The second-order valence-electron chi connectivity index (χ2n) is 3.90. The second-order valence-corrected chi connectivity index (χ2v) is 3.90. The Bertz CT molecular complexity index is 426. The molecule has 2 heteroatoms. The van der Waals surface area contributed by atoms with Gasteiger partial charge in [-0.2, -0.15) is 0 Å². The lowest BCUT2D eigenvalue weighted by atomic mass is 10.1. The van der Waals surface area contributed by atoms with Crippen molar-refractivity contribution in [1.82, 2.24) is 0 Å². The summed E-state index contributed by atoms with van der Waals surface area (Å²) < 4.78 is 5.69. The summed E-state index contributed by atoms with van der Waals surface area (Å²) >= 11 is 0. The molecular weight excluding hydrogens is 200 g/mol. The van der Waals surface area contributed by atoms with Gasteiger partial charge in [0.15, 0.2) is 0 Å². The van der Waals surface area contributed by atoms with Gasteiger partial charge in [0.05, 0.1) is 12.7 Å². The third-order valence-corrected chi connectivity index (χ3v) is 2.86. The number of ether oxygens (including phenoxy) is 1. The molecule has 1 aromatic carbocycles. The van der Waals surface area contributed by atoms with Crippen LogP contribution in [0.5, 0.6) is 5.75 Å². The molecule has 0 saturated carbocycles. The molecule has 16 heavy (non-hydrogen) atoms. The molecule has 1 aliphatic carbocycles. The van der Waals surface area contributed by atoms with Gasteiger partial charge in [0.25, 0.3) is 0 Å². The molecule has 0 heterocycles. The smallest absolute Gasteiger partial charge is 0.122 e. The molecule has 1 aliphatic rings. The van der Waals surface area contributed by atoms with Crippen LogP contribution < -0.4 is 4.74 Å². The highest BCUT2D eigenvalue weighted by Crippen LogP contribution is 2.36. The minimum Gasteiger partial charge on any atom is -0.492 e. The Kier molecular flexibility index (Phi) is 3.48. The number of aliphatic hydroxyl groups excluding tert-OH is 1. The monoisotopic (exact) mass is 216 g/mol. The fourth-order valence-electron chi connectivity index (χ4n) is 2.07. The highest BCUT2D eigenvalue weighted by Gasteiger charge is 2.22. The third-order valence-electron chi connectivity index (χ3n) is 2.86. The summed E-state index contributed by atoms with van der Waals surface area (Å²) in [6, 6.07) is 5.89. The van der Waals surface area contributed by atoms with E-state index in [1.54, 1.807) is 0 Å². The van der Waals surface area contributed by atoms with Gasteiger partial charge in [0, 0.05) is 12.0 Å². The first-order chi connectivity index (χ1) is 7.83. The van der Waals surface area contributed by atoms with Gasteiger partial charge in [-0.3, -0.25) is 0 Å². The van der Waals surface area contributed by atoms with Crippen LogP contribution in [-0.4, -0.2) is 11.7 Å². The van der Waals surface area contributed by atoms with E-state index in [2.05, 4.69) is 11.8 Å². The summed E-state index contributed by atoms with van der Waals surface area (Å²) in [6.07, 6.45) is 2.16. The van der Waals surface area contributed by atoms with Crippen LogP contribution in [0.25, 0.3) is 0 Å². The van der Waals surface area contributed by atoms with Crippen LogP contribution in [0.1, 0.15) is 37.0 Å². The summed E-state index contributed by atoms with van der Waals surface area (Å²) in [7, 11) is 0. The van der Waals surface area contributed by atoms with Gasteiger partial charge in [0.1, 0.15) is 5.75 Å². The van der Waals surface area contributed by atoms with Crippen molar-refractivity contribution >= 4 is 0 Å². The molecule has 0 bridgehead atoms. The summed E-state index contributed by atoms with van der Waals surface area (Å²) in [5.41, 5.74) is 2.19. The van der Waals surface area contributed by atoms with Crippen LogP contribution in [0, 0.1) is 11.8 Å². The summed E-state index contributed by atoms with van der Waals surface area (Å²) in [4.78, 5) is 0. The molecule has 0 radical (unpaired) electrons. The van der Waals surface area contributed by atoms with Crippen molar-refractivity contribution in [2.45, 2.75) is 32.3 Å². The first-order valence-electron chi connectivity index (χ1n) is 5.65. The highest BCUT2D eigenvalue weighted by atomic mass is 16.5. The fourth-order valence-corrected chi connectivity index (χ4v) is 2.07. The van der Waals surface area contributed by atoms with E-state index in [1.807, 2.05) is 25.1 Å². The van der Waals surface area contributed by atoms with E-state index < -0.39 is 0 Å². The number of aliphatic hydroxyl groups is 1. The quantitative estimate of drug-likeness (QED) is 0.621. The van der Waals surface area contributed by atoms with Crippen molar-refractivity contribution in [1.29, 1.82) is 0 Å². The molecule has 0 saturated heterocycles. The lowest BCUT2D eigenvalue weighted by Crippen LogP contribution is -1.99. The number of hydrogen-bond acceptors (Lipinski definition) is 2. The Labute approximate surface area is 96.3 Å².